The van der Waals surface area contributed by atoms with Crippen molar-refractivity contribution in [1.29, 1.82) is 0 Å². The largest absolute Gasteiger partial charge is 0.273 e. The summed E-state index contributed by atoms with van der Waals surface area (Å²) in [7, 11) is 0. The van der Waals surface area contributed by atoms with Gasteiger partial charge in [0, 0.05) is 16.5 Å². The predicted octanol–water partition coefficient (Wildman–Crippen LogP) is 4.58. The number of rotatable bonds is 1. The van der Waals surface area contributed by atoms with Crippen LogP contribution in [0.1, 0.15) is 37.6 Å². The Balaban J connectivity index is 1.97. The summed E-state index contributed by atoms with van der Waals surface area (Å²) in [4.78, 5) is 4.65. The van der Waals surface area contributed by atoms with Crippen LogP contribution in [0.5, 0.6) is 0 Å². The van der Waals surface area contributed by atoms with Crippen LogP contribution in [0.2, 0.25) is 0 Å². The van der Waals surface area contributed by atoms with Crippen LogP contribution < -0.4 is 0 Å². The zero-order chi connectivity index (χ0) is 17.8. The molecule has 0 fully saturated rings. The Morgan fingerprint density at radius 3 is 2.48 bits per heavy atom. The van der Waals surface area contributed by atoms with Crippen molar-refractivity contribution in [1.82, 2.24) is 10.2 Å². The second kappa shape index (κ2) is 5.15. The Labute approximate surface area is 144 Å². The Kier molecular flexibility index (Phi) is 3.26. The first-order valence-electron chi connectivity index (χ1n) is 8.12. The van der Waals surface area contributed by atoms with Gasteiger partial charge in [0.25, 0.3) is 0 Å². The summed E-state index contributed by atoms with van der Waals surface area (Å²) in [6.45, 7) is 5.07. The van der Waals surface area contributed by atoms with Crippen LogP contribution >= 0.6 is 0 Å². The van der Waals surface area contributed by atoms with E-state index in [9.17, 15) is 4.39 Å². The highest BCUT2D eigenvalue weighted by atomic mass is 19.1. The Bertz CT molecular complexity index is 1020. The van der Waals surface area contributed by atoms with E-state index in [0.29, 0.717) is 27.9 Å². The van der Waals surface area contributed by atoms with Gasteiger partial charge in [-0.15, -0.1) is 10.2 Å². The van der Waals surface area contributed by atoms with E-state index in [4.69, 9.17) is 0 Å². The van der Waals surface area contributed by atoms with Crippen molar-refractivity contribution in [3.05, 3.63) is 71.2 Å². The molecule has 1 aliphatic rings. The molecule has 0 aliphatic carbocycles. The van der Waals surface area contributed by atoms with Crippen molar-refractivity contribution in [3.8, 4) is 0 Å². The molecule has 0 saturated heterocycles. The van der Waals surface area contributed by atoms with E-state index in [-0.39, 0.29) is 5.52 Å². The fraction of sp³-hybridized carbons (Fsp3) is 0.250. The average Bonchev–Trinajstić information content (AvgIpc) is 2.58. The van der Waals surface area contributed by atoms with Crippen LogP contribution in [0, 0.1) is 5.82 Å². The lowest BCUT2D eigenvalue weighted by atomic mass is 9.75. The molecule has 0 radical (unpaired) electrons. The SMILES string of the molecule is CC1(C)N=C(c2cc3cccc(F)c3nn2)c2ccccc2C1(C)F. The lowest BCUT2D eigenvalue weighted by Gasteiger charge is -2.40. The second-order valence-corrected chi connectivity index (χ2v) is 6.98. The van der Waals surface area contributed by atoms with E-state index in [2.05, 4.69) is 15.2 Å². The van der Waals surface area contributed by atoms with Gasteiger partial charge in [-0.25, -0.2) is 8.78 Å². The molecule has 0 amide bonds. The van der Waals surface area contributed by atoms with E-state index >= 15 is 4.39 Å². The number of aromatic nitrogens is 2. The van der Waals surface area contributed by atoms with Gasteiger partial charge in [-0.2, -0.15) is 0 Å². The van der Waals surface area contributed by atoms with Crippen LogP contribution in [0.3, 0.4) is 0 Å². The van der Waals surface area contributed by atoms with Crippen LogP contribution in [-0.2, 0) is 5.67 Å². The zero-order valence-electron chi connectivity index (χ0n) is 14.2. The number of hydrogen-bond acceptors (Lipinski definition) is 3. The zero-order valence-corrected chi connectivity index (χ0v) is 14.2. The highest BCUT2D eigenvalue weighted by Crippen LogP contribution is 2.45. The topological polar surface area (TPSA) is 38.1 Å². The summed E-state index contributed by atoms with van der Waals surface area (Å²) >= 11 is 0. The number of hydrogen-bond donors (Lipinski definition) is 0. The first kappa shape index (κ1) is 15.8. The molecule has 4 rings (SSSR count). The number of halogens is 2. The van der Waals surface area contributed by atoms with Gasteiger partial charge in [-0.3, -0.25) is 4.99 Å². The molecule has 25 heavy (non-hydrogen) atoms. The first-order valence-corrected chi connectivity index (χ1v) is 8.12. The molecule has 0 saturated carbocycles. The average molecular weight is 337 g/mol. The summed E-state index contributed by atoms with van der Waals surface area (Å²) in [5.74, 6) is -0.417. The van der Waals surface area contributed by atoms with E-state index in [0.717, 1.165) is 0 Å². The molecule has 1 aromatic heterocycles. The number of aliphatic imine (C=N–C) groups is 1. The van der Waals surface area contributed by atoms with Crippen LogP contribution in [0.25, 0.3) is 10.9 Å². The molecular weight excluding hydrogens is 320 g/mol. The molecule has 3 nitrogen and oxygen atoms in total. The van der Waals surface area contributed by atoms with Crippen molar-refractivity contribution in [3.63, 3.8) is 0 Å². The van der Waals surface area contributed by atoms with Gasteiger partial charge in [0.1, 0.15) is 11.2 Å². The summed E-state index contributed by atoms with van der Waals surface area (Å²) in [6, 6.07) is 13.8. The quantitative estimate of drug-likeness (QED) is 0.652. The summed E-state index contributed by atoms with van der Waals surface area (Å²) < 4.78 is 29.3. The monoisotopic (exact) mass is 337 g/mol. The molecule has 1 unspecified atom stereocenters. The van der Waals surface area contributed by atoms with E-state index in [1.165, 1.54) is 6.07 Å². The van der Waals surface area contributed by atoms with Crippen molar-refractivity contribution in [2.75, 3.05) is 0 Å². The summed E-state index contributed by atoms with van der Waals surface area (Å²) in [5, 5.41) is 8.81. The maximum Gasteiger partial charge on any atom is 0.158 e. The molecule has 126 valence electrons. The van der Waals surface area contributed by atoms with Gasteiger partial charge in [-0.05, 0) is 32.9 Å². The number of alkyl halides is 1. The molecule has 0 bridgehead atoms. The number of benzene rings is 2. The normalized spacial score (nSPS) is 21.7. The highest BCUT2D eigenvalue weighted by Gasteiger charge is 2.48. The summed E-state index contributed by atoms with van der Waals surface area (Å²) in [6.07, 6.45) is 0. The molecule has 2 heterocycles. The van der Waals surface area contributed by atoms with Crippen LogP contribution in [-0.4, -0.2) is 21.4 Å². The van der Waals surface area contributed by atoms with Gasteiger partial charge >= 0.3 is 0 Å². The number of nitrogens with zero attached hydrogens (tertiary/aromatic N) is 3. The predicted molar refractivity (Wildman–Crippen MR) is 94.1 cm³/mol. The second-order valence-electron chi connectivity index (χ2n) is 6.98. The fourth-order valence-corrected chi connectivity index (χ4v) is 3.22. The van der Waals surface area contributed by atoms with Gasteiger partial charge in [0.2, 0.25) is 0 Å². The van der Waals surface area contributed by atoms with Crippen LogP contribution in [0.4, 0.5) is 8.78 Å². The maximum atomic E-state index is 15.4. The van der Waals surface area contributed by atoms with Crippen molar-refractivity contribution in [2.45, 2.75) is 32.0 Å². The van der Waals surface area contributed by atoms with Crippen molar-refractivity contribution >= 4 is 16.6 Å². The highest BCUT2D eigenvalue weighted by molar-refractivity contribution is 6.14. The minimum atomic E-state index is -1.61. The molecule has 1 aliphatic heterocycles. The Morgan fingerprint density at radius 1 is 0.920 bits per heavy atom. The lowest BCUT2D eigenvalue weighted by Crippen LogP contribution is -2.45. The van der Waals surface area contributed by atoms with E-state index < -0.39 is 17.0 Å². The van der Waals surface area contributed by atoms with Crippen molar-refractivity contribution in [2.24, 2.45) is 4.99 Å². The van der Waals surface area contributed by atoms with E-state index in [1.54, 1.807) is 45.0 Å². The minimum Gasteiger partial charge on any atom is -0.273 e. The molecule has 2 aromatic carbocycles. The van der Waals surface area contributed by atoms with Gasteiger partial charge in [0.15, 0.2) is 11.5 Å². The molecule has 3 aromatic rings. The molecular formula is C20H17F2N3. The van der Waals surface area contributed by atoms with Crippen molar-refractivity contribution < 1.29 is 8.78 Å². The lowest BCUT2D eigenvalue weighted by molar-refractivity contribution is 0.0940. The molecule has 1 atom stereocenters. The molecule has 0 N–H and O–H groups in total. The smallest absolute Gasteiger partial charge is 0.158 e. The van der Waals surface area contributed by atoms with Gasteiger partial charge in [-0.1, -0.05) is 36.4 Å². The number of fused-ring (bicyclic) bond motifs is 2. The standard InChI is InChI=1S/C20H17F2N3/c1-19(2)20(3,22)14-9-5-4-8-13(14)18(23-19)16-11-12-7-6-10-15(21)17(12)25-24-16/h4-11H,1-3H3. The maximum absolute atomic E-state index is 15.4. The van der Waals surface area contributed by atoms with Gasteiger partial charge < -0.3 is 0 Å². The Morgan fingerprint density at radius 2 is 1.68 bits per heavy atom. The Hall–Kier alpha value is -2.69. The summed E-state index contributed by atoms with van der Waals surface area (Å²) in [5.41, 5.74) is -0.00397. The van der Waals surface area contributed by atoms with Gasteiger partial charge in [0.05, 0.1) is 11.3 Å². The molecule has 5 heteroatoms. The molecule has 0 spiro atoms. The minimum absolute atomic E-state index is 0.213. The van der Waals surface area contributed by atoms with E-state index in [1.807, 2.05) is 18.2 Å². The van der Waals surface area contributed by atoms with Crippen LogP contribution in [0.15, 0.2) is 53.5 Å². The third kappa shape index (κ3) is 2.26. The first-order chi connectivity index (χ1) is 11.8. The third-order valence-electron chi connectivity index (χ3n) is 5.04. The third-order valence-corrected chi connectivity index (χ3v) is 5.04. The fourth-order valence-electron chi connectivity index (χ4n) is 3.22.